The molecule has 10 nitrogen and oxygen atoms in total. The molecule has 40 heavy (non-hydrogen) atoms. The van der Waals surface area contributed by atoms with Gasteiger partial charge in [0.25, 0.3) is 0 Å². The van der Waals surface area contributed by atoms with Crippen molar-refractivity contribution in [3.05, 3.63) is 57.6 Å². The first kappa shape index (κ1) is 31.1. The number of hydrogen-bond acceptors (Lipinski definition) is 7. The second-order valence-corrected chi connectivity index (χ2v) is 12.3. The molecule has 2 aromatic carbocycles. The van der Waals surface area contributed by atoms with Crippen molar-refractivity contribution in [1.29, 1.82) is 0 Å². The number of nitro groups is 1. The van der Waals surface area contributed by atoms with Crippen LogP contribution in [-0.2, 0) is 32.3 Å². The number of sulfone groups is 1. The largest absolute Gasteiger partial charge is 0.490 e. The molecule has 0 saturated carbocycles. The van der Waals surface area contributed by atoms with Crippen molar-refractivity contribution in [2.75, 3.05) is 31.4 Å². The Hall–Kier alpha value is -3.47. The first-order valence-corrected chi connectivity index (χ1v) is 15.6. The quantitative estimate of drug-likeness (QED) is 0.193. The Kier molecular flexibility index (Phi) is 10.7. The molecule has 0 aromatic heterocycles. The highest BCUT2D eigenvalue weighted by molar-refractivity contribution is 7.90. The Balaban J connectivity index is 1.56. The van der Waals surface area contributed by atoms with E-state index in [1.54, 1.807) is 29.2 Å². The summed E-state index contributed by atoms with van der Waals surface area (Å²) in [4.78, 5) is 40.3. The van der Waals surface area contributed by atoms with Gasteiger partial charge in [-0.05, 0) is 80.0 Å². The van der Waals surface area contributed by atoms with Gasteiger partial charge in [-0.15, -0.1) is 0 Å². The van der Waals surface area contributed by atoms with E-state index in [-0.39, 0.29) is 34.2 Å². The minimum atomic E-state index is -3.31. The Morgan fingerprint density at radius 1 is 1.07 bits per heavy atom. The van der Waals surface area contributed by atoms with Crippen molar-refractivity contribution in [2.24, 2.45) is 0 Å². The molecule has 0 spiro atoms. The minimum Gasteiger partial charge on any atom is -0.490 e. The predicted octanol–water partition coefficient (Wildman–Crippen LogP) is 4.72. The molecule has 218 valence electrons. The summed E-state index contributed by atoms with van der Waals surface area (Å²) in [6.07, 6.45) is 6.62. The first-order valence-electron chi connectivity index (χ1n) is 13.7. The average Bonchev–Trinajstić information content (AvgIpc) is 2.91. The summed E-state index contributed by atoms with van der Waals surface area (Å²) in [7, 11) is -1.88. The third kappa shape index (κ3) is 7.80. The molecule has 1 aliphatic rings. The fraction of sp³-hybridized carbons (Fsp3) is 0.517. The molecule has 0 bridgehead atoms. The lowest BCUT2D eigenvalue weighted by molar-refractivity contribution is -0.385. The average molecular weight is 574 g/mol. The Morgan fingerprint density at radius 3 is 2.35 bits per heavy atom. The van der Waals surface area contributed by atoms with E-state index in [0.717, 1.165) is 43.1 Å². The van der Waals surface area contributed by atoms with Crippen molar-refractivity contribution in [1.82, 2.24) is 4.90 Å². The number of carbonyl (C=O) groups is 2. The van der Waals surface area contributed by atoms with Crippen LogP contribution in [0, 0.1) is 10.1 Å². The van der Waals surface area contributed by atoms with Gasteiger partial charge >= 0.3 is 5.69 Å². The van der Waals surface area contributed by atoms with E-state index in [4.69, 9.17) is 4.74 Å². The number of aryl methyl sites for hydroxylation is 1. The molecule has 3 rings (SSSR count). The zero-order valence-electron chi connectivity index (χ0n) is 23.7. The normalized spacial score (nSPS) is 14.8. The number of anilines is 1. The number of fused-ring (bicyclic) bond motifs is 1. The Labute approximate surface area is 236 Å². The van der Waals surface area contributed by atoms with Crippen LogP contribution >= 0.6 is 0 Å². The van der Waals surface area contributed by atoms with E-state index in [0.29, 0.717) is 44.5 Å². The Morgan fingerprint density at radius 2 is 1.77 bits per heavy atom. The van der Waals surface area contributed by atoms with E-state index in [1.165, 1.54) is 26.2 Å². The van der Waals surface area contributed by atoms with Crippen LogP contribution in [0.25, 0.3) is 0 Å². The third-order valence-corrected chi connectivity index (χ3v) is 8.48. The highest BCUT2D eigenvalue weighted by Crippen LogP contribution is 2.35. The van der Waals surface area contributed by atoms with Gasteiger partial charge in [0.05, 0.1) is 16.9 Å². The van der Waals surface area contributed by atoms with Gasteiger partial charge in [0.2, 0.25) is 11.8 Å². The lowest BCUT2D eigenvalue weighted by atomic mass is 9.86. The number of nitrogens with zero attached hydrogens (tertiary/aromatic N) is 3. The number of benzene rings is 2. The fourth-order valence-electron chi connectivity index (χ4n) is 5.29. The molecule has 2 aromatic rings. The number of unbranched alkanes of at least 4 members (excludes halogenated alkanes) is 2. The maximum absolute atomic E-state index is 13.2. The van der Waals surface area contributed by atoms with Gasteiger partial charge in [-0.3, -0.25) is 19.7 Å². The van der Waals surface area contributed by atoms with E-state index in [9.17, 15) is 28.1 Å². The first-order chi connectivity index (χ1) is 19.0. The molecule has 1 aliphatic carbocycles. The van der Waals surface area contributed by atoms with Crippen molar-refractivity contribution in [3.8, 4) is 5.75 Å². The second-order valence-electron chi connectivity index (χ2n) is 10.3. The highest BCUT2D eigenvalue weighted by atomic mass is 32.2. The van der Waals surface area contributed by atoms with Crippen molar-refractivity contribution < 1.29 is 27.7 Å². The van der Waals surface area contributed by atoms with Gasteiger partial charge in [-0.1, -0.05) is 13.3 Å². The molecule has 0 unspecified atom stereocenters. The molecular weight excluding hydrogens is 534 g/mol. The molecule has 0 fully saturated rings. The van der Waals surface area contributed by atoms with Crippen molar-refractivity contribution in [3.63, 3.8) is 0 Å². The summed E-state index contributed by atoms with van der Waals surface area (Å²) >= 11 is 0. The monoisotopic (exact) mass is 573 g/mol. The maximum atomic E-state index is 13.2. The van der Waals surface area contributed by atoms with Crippen LogP contribution in [0.1, 0.15) is 63.5 Å². The molecule has 0 saturated heterocycles. The second kappa shape index (κ2) is 13.7. The summed E-state index contributed by atoms with van der Waals surface area (Å²) < 4.78 is 28.6. The molecule has 2 amide bonds. The van der Waals surface area contributed by atoms with Gasteiger partial charge in [-0.25, -0.2) is 8.42 Å². The van der Waals surface area contributed by atoms with Gasteiger partial charge in [0.1, 0.15) is 0 Å². The molecule has 0 N–H and O–H groups in total. The lowest BCUT2D eigenvalue weighted by Crippen LogP contribution is -2.43. The molecular formula is C29H39N3O7S. The van der Waals surface area contributed by atoms with Crippen LogP contribution < -0.4 is 9.64 Å². The third-order valence-electron chi connectivity index (χ3n) is 7.35. The van der Waals surface area contributed by atoms with E-state index >= 15 is 0 Å². The molecule has 0 heterocycles. The zero-order valence-corrected chi connectivity index (χ0v) is 24.5. The summed E-state index contributed by atoms with van der Waals surface area (Å²) in [6.45, 7) is 4.62. The van der Waals surface area contributed by atoms with Crippen LogP contribution in [0.4, 0.5) is 11.4 Å². The highest BCUT2D eigenvalue weighted by Gasteiger charge is 2.29. The number of methoxy groups -OCH3 is 1. The van der Waals surface area contributed by atoms with Gasteiger partial charge in [0, 0.05) is 50.5 Å². The van der Waals surface area contributed by atoms with Crippen molar-refractivity contribution in [2.45, 2.75) is 76.2 Å². The van der Waals surface area contributed by atoms with E-state index in [1.807, 2.05) is 11.8 Å². The summed E-state index contributed by atoms with van der Waals surface area (Å²) in [5.74, 6) is 0.212. The topological polar surface area (TPSA) is 127 Å². The summed E-state index contributed by atoms with van der Waals surface area (Å²) in [5.41, 5.74) is 2.51. The predicted molar refractivity (Wildman–Crippen MR) is 154 cm³/mol. The number of carbonyl (C=O) groups excluding carboxylic acids is 2. The molecule has 0 aliphatic heterocycles. The van der Waals surface area contributed by atoms with Crippen LogP contribution in [0.2, 0.25) is 0 Å². The summed E-state index contributed by atoms with van der Waals surface area (Å²) in [5, 5.41) is 11.5. The molecule has 0 radical (unpaired) electrons. The number of ether oxygens (including phenoxy) is 1. The van der Waals surface area contributed by atoms with Gasteiger partial charge < -0.3 is 14.5 Å². The van der Waals surface area contributed by atoms with Gasteiger partial charge in [-0.2, -0.15) is 0 Å². The van der Waals surface area contributed by atoms with Crippen LogP contribution in [0.3, 0.4) is 0 Å². The standard InChI is InChI=1S/C29H39N3O7S/c1-5-16-31(25-11-10-22-20-28(39-3)27(32(35)36)19-23(22)18-25)29(34)9-7-6-8-17-30(21(2)33)24-12-14-26(15-13-24)40(4,37)38/h12-15,19-20,25H,5-11,16-18H2,1-4H3/t25-/m1/s1. The van der Waals surface area contributed by atoms with Crippen LogP contribution in [-0.4, -0.2) is 62.6 Å². The minimum absolute atomic E-state index is 0.00365. The number of hydrogen-bond donors (Lipinski definition) is 0. The van der Waals surface area contributed by atoms with E-state index < -0.39 is 14.8 Å². The number of rotatable bonds is 13. The van der Waals surface area contributed by atoms with Crippen molar-refractivity contribution >= 4 is 33.0 Å². The zero-order chi connectivity index (χ0) is 29.4. The molecule has 1 atom stereocenters. The fourth-order valence-corrected chi connectivity index (χ4v) is 5.92. The Bertz CT molecular complexity index is 1330. The van der Waals surface area contributed by atoms with Crippen LogP contribution in [0.5, 0.6) is 5.75 Å². The van der Waals surface area contributed by atoms with Gasteiger partial charge in [0.15, 0.2) is 15.6 Å². The maximum Gasteiger partial charge on any atom is 0.311 e. The molecule has 11 heteroatoms. The van der Waals surface area contributed by atoms with Crippen LogP contribution in [0.15, 0.2) is 41.3 Å². The SMILES string of the molecule is CCCN(C(=O)CCCCCN(C(C)=O)c1ccc(S(C)(=O)=O)cc1)[C@@H]1CCc2cc(OC)c([N+](=O)[O-])cc2C1. The van der Waals surface area contributed by atoms with E-state index in [2.05, 4.69) is 0 Å². The number of amides is 2. The summed E-state index contributed by atoms with van der Waals surface area (Å²) in [6, 6.07) is 9.61. The lowest BCUT2D eigenvalue weighted by Gasteiger charge is -2.35. The smallest absolute Gasteiger partial charge is 0.311 e. The number of nitro benzene ring substituents is 1.